The van der Waals surface area contributed by atoms with Crippen LogP contribution in [-0.4, -0.2) is 35.6 Å². The van der Waals surface area contributed by atoms with Crippen LogP contribution in [0.3, 0.4) is 0 Å². The predicted molar refractivity (Wildman–Crippen MR) is 52.9 cm³/mol. The van der Waals surface area contributed by atoms with Crippen molar-refractivity contribution in [3.8, 4) is 0 Å². The molecule has 1 heterocycles. The summed E-state index contributed by atoms with van der Waals surface area (Å²) < 4.78 is 0. The summed E-state index contributed by atoms with van der Waals surface area (Å²) in [6.07, 6.45) is 5.95. The topological polar surface area (TPSA) is 61.8 Å². The normalized spacial score (nSPS) is 21.4. The summed E-state index contributed by atoms with van der Waals surface area (Å²) in [4.78, 5) is 2.39. The van der Waals surface area contributed by atoms with Gasteiger partial charge < -0.3 is 15.8 Å². The van der Waals surface area contributed by atoms with E-state index >= 15 is 0 Å². The Morgan fingerprint density at radius 2 is 1.85 bits per heavy atom. The molecular formula is C9H19N3O. The maximum absolute atomic E-state index is 8.36. The molecule has 4 heteroatoms. The van der Waals surface area contributed by atoms with E-state index < -0.39 is 0 Å². The lowest BCUT2D eigenvalue weighted by Gasteiger charge is -2.18. The van der Waals surface area contributed by atoms with Crippen LogP contribution in [0.5, 0.6) is 0 Å². The Bertz CT molecular complexity index is 162. The third-order valence-corrected chi connectivity index (χ3v) is 2.51. The van der Waals surface area contributed by atoms with E-state index in [1.165, 1.54) is 38.8 Å². The number of hydrogen-bond donors (Lipinski definition) is 2. The van der Waals surface area contributed by atoms with Crippen LogP contribution in [-0.2, 0) is 0 Å². The van der Waals surface area contributed by atoms with Crippen LogP contribution in [0.1, 0.15) is 32.1 Å². The molecule has 0 aliphatic carbocycles. The van der Waals surface area contributed by atoms with Gasteiger partial charge in [0.15, 0.2) is 0 Å². The Kier molecular flexibility index (Phi) is 4.60. The largest absolute Gasteiger partial charge is 0.409 e. The number of nitrogens with two attached hydrogens (primary N) is 1. The second-order valence-electron chi connectivity index (χ2n) is 3.60. The first-order valence-electron chi connectivity index (χ1n) is 5.01. The lowest BCUT2D eigenvalue weighted by atomic mass is 10.2. The zero-order valence-corrected chi connectivity index (χ0v) is 8.08. The number of likely N-dealkylation sites (tertiary alicyclic amines) is 1. The van der Waals surface area contributed by atoms with Crippen LogP contribution in [0.25, 0.3) is 0 Å². The molecule has 0 atom stereocenters. The van der Waals surface area contributed by atoms with Gasteiger partial charge in [-0.05, 0) is 25.9 Å². The molecule has 0 saturated carbocycles. The van der Waals surface area contributed by atoms with Crippen LogP contribution in [0.15, 0.2) is 5.16 Å². The quantitative estimate of drug-likeness (QED) is 0.298. The highest BCUT2D eigenvalue weighted by Crippen LogP contribution is 2.09. The summed E-state index contributed by atoms with van der Waals surface area (Å²) in [5.74, 6) is 0.337. The van der Waals surface area contributed by atoms with Gasteiger partial charge in [0, 0.05) is 13.0 Å². The van der Waals surface area contributed by atoms with E-state index in [1.54, 1.807) is 0 Å². The number of nitrogens with zero attached hydrogens (tertiary/aromatic N) is 2. The van der Waals surface area contributed by atoms with Crippen molar-refractivity contribution in [1.82, 2.24) is 4.90 Å². The van der Waals surface area contributed by atoms with E-state index in [0.717, 1.165) is 6.54 Å². The summed E-state index contributed by atoms with van der Waals surface area (Å²) in [5, 5.41) is 11.3. The highest BCUT2D eigenvalue weighted by atomic mass is 16.4. The first-order valence-corrected chi connectivity index (χ1v) is 5.01. The van der Waals surface area contributed by atoms with Gasteiger partial charge in [0.2, 0.25) is 0 Å². The van der Waals surface area contributed by atoms with Crippen LogP contribution < -0.4 is 5.73 Å². The van der Waals surface area contributed by atoms with Gasteiger partial charge in [-0.3, -0.25) is 0 Å². The molecule has 0 aromatic rings. The van der Waals surface area contributed by atoms with Crippen molar-refractivity contribution < 1.29 is 5.21 Å². The maximum atomic E-state index is 8.36. The molecule has 0 amide bonds. The van der Waals surface area contributed by atoms with Crippen molar-refractivity contribution in [3.63, 3.8) is 0 Å². The molecule has 1 fully saturated rings. The minimum absolute atomic E-state index is 0.337. The third-order valence-electron chi connectivity index (χ3n) is 2.51. The van der Waals surface area contributed by atoms with Gasteiger partial charge >= 0.3 is 0 Å². The molecule has 1 aliphatic heterocycles. The molecule has 0 bridgehead atoms. The fraction of sp³-hybridized carbons (Fsp3) is 0.889. The molecule has 0 unspecified atom stereocenters. The van der Waals surface area contributed by atoms with Gasteiger partial charge in [-0.1, -0.05) is 18.0 Å². The average molecular weight is 185 g/mol. The van der Waals surface area contributed by atoms with E-state index in [4.69, 9.17) is 10.9 Å². The van der Waals surface area contributed by atoms with E-state index in [0.29, 0.717) is 12.3 Å². The van der Waals surface area contributed by atoms with Crippen LogP contribution in [0, 0.1) is 0 Å². The Balaban J connectivity index is 2.19. The molecule has 3 N–H and O–H groups in total. The lowest BCUT2D eigenvalue weighted by Crippen LogP contribution is -2.29. The summed E-state index contributed by atoms with van der Waals surface area (Å²) >= 11 is 0. The summed E-state index contributed by atoms with van der Waals surface area (Å²) in [6.45, 7) is 3.26. The van der Waals surface area contributed by atoms with E-state index in [2.05, 4.69) is 10.1 Å². The first kappa shape index (κ1) is 10.3. The van der Waals surface area contributed by atoms with Crippen LogP contribution in [0.4, 0.5) is 0 Å². The van der Waals surface area contributed by atoms with Gasteiger partial charge in [-0.2, -0.15) is 0 Å². The number of hydrogen-bond acceptors (Lipinski definition) is 3. The molecule has 1 aliphatic rings. The minimum Gasteiger partial charge on any atom is -0.409 e. The molecule has 0 aromatic carbocycles. The Morgan fingerprint density at radius 1 is 1.23 bits per heavy atom. The molecule has 1 rings (SSSR count). The summed E-state index contributed by atoms with van der Waals surface area (Å²) in [6, 6.07) is 0. The number of amidine groups is 1. The van der Waals surface area contributed by atoms with Crippen LogP contribution in [0.2, 0.25) is 0 Å². The van der Waals surface area contributed by atoms with E-state index in [9.17, 15) is 0 Å². The highest BCUT2D eigenvalue weighted by molar-refractivity contribution is 5.79. The van der Waals surface area contributed by atoms with Gasteiger partial charge in [0.25, 0.3) is 0 Å². The zero-order valence-electron chi connectivity index (χ0n) is 8.08. The van der Waals surface area contributed by atoms with Gasteiger partial charge in [-0.15, -0.1) is 0 Å². The third kappa shape index (κ3) is 4.12. The van der Waals surface area contributed by atoms with Crippen molar-refractivity contribution in [1.29, 1.82) is 0 Å². The second kappa shape index (κ2) is 5.80. The average Bonchev–Trinajstić information content (AvgIpc) is 2.42. The standard InChI is InChI=1S/C9H19N3O/c10-9(11-13)5-8-12-6-3-1-2-4-7-12/h13H,1-8H2,(H2,10,11). The predicted octanol–water partition coefficient (Wildman–Crippen LogP) is 0.999. The first-order chi connectivity index (χ1) is 6.33. The summed E-state index contributed by atoms with van der Waals surface area (Å²) in [5.41, 5.74) is 5.40. The zero-order chi connectivity index (χ0) is 9.52. The Hall–Kier alpha value is -0.770. The fourth-order valence-corrected chi connectivity index (χ4v) is 1.68. The van der Waals surface area contributed by atoms with Gasteiger partial charge in [0.05, 0.1) is 0 Å². The van der Waals surface area contributed by atoms with Crippen molar-refractivity contribution in [2.75, 3.05) is 19.6 Å². The minimum atomic E-state index is 0.337. The van der Waals surface area contributed by atoms with Crippen molar-refractivity contribution in [2.24, 2.45) is 10.9 Å². The van der Waals surface area contributed by atoms with Crippen molar-refractivity contribution in [2.45, 2.75) is 32.1 Å². The molecule has 0 aromatic heterocycles. The van der Waals surface area contributed by atoms with E-state index in [1.807, 2.05) is 0 Å². The molecule has 4 nitrogen and oxygen atoms in total. The van der Waals surface area contributed by atoms with E-state index in [-0.39, 0.29) is 0 Å². The van der Waals surface area contributed by atoms with Crippen molar-refractivity contribution >= 4 is 5.84 Å². The monoisotopic (exact) mass is 185 g/mol. The Morgan fingerprint density at radius 3 is 2.38 bits per heavy atom. The lowest BCUT2D eigenvalue weighted by molar-refractivity contribution is 0.287. The van der Waals surface area contributed by atoms with Crippen LogP contribution >= 0.6 is 0 Å². The fourth-order valence-electron chi connectivity index (χ4n) is 1.68. The molecule has 0 radical (unpaired) electrons. The van der Waals surface area contributed by atoms with Crippen molar-refractivity contribution in [3.05, 3.63) is 0 Å². The number of rotatable bonds is 3. The Labute approximate surface area is 79.4 Å². The molecule has 76 valence electrons. The molecular weight excluding hydrogens is 166 g/mol. The van der Waals surface area contributed by atoms with Gasteiger partial charge in [0.1, 0.15) is 5.84 Å². The molecule has 1 saturated heterocycles. The molecule has 0 spiro atoms. The van der Waals surface area contributed by atoms with Gasteiger partial charge in [-0.25, -0.2) is 0 Å². The smallest absolute Gasteiger partial charge is 0.140 e. The highest BCUT2D eigenvalue weighted by Gasteiger charge is 2.08. The second-order valence-corrected chi connectivity index (χ2v) is 3.60. The SMILES string of the molecule is N/C(CCN1CCCCCC1)=N/O. The number of oxime groups is 1. The molecule has 13 heavy (non-hydrogen) atoms. The maximum Gasteiger partial charge on any atom is 0.140 e. The summed E-state index contributed by atoms with van der Waals surface area (Å²) in [7, 11) is 0.